The fraction of sp³-hybridized carbons (Fsp3) is 0.0714. The van der Waals surface area contributed by atoms with Crippen LogP contribution in [0.5, 0.6) is 0 Å². The third-order valence-corrected chi connectivity index (χ3v) is 3.05. The van der Waals surface area contributed by atoms with Crippen molar-refractivity contribution in [2.45, 2.75) is 6.54 Å². The summed E-state index contributed by atoms with van der Waals surface area (Å²) in [6.07, 6.45) is 3.25. The van der Waals surface area contributed by atoms with Gasteiger partial charge in [-0.2, -0.15) is 11.3 Å². The second kappa shape index (κ2) is 6.12. The molecule has 2 nitrogen and oxygen atoms in total. The van der Waals surface area contributed by atoms with E-state index in [4.69, 9.17) is 0 Å². The number of thiophene rings is 1. The van der Waals surface area contributed by atoms with Crippen LogP contribution in [0.2, 0.25) is 0 Å². The second-order valence-corrected chi connectivity index (χ2v) is 4.51. The molecule has 4 heteroatoms. The van der Waals surface area contributed by atoms with Gasteiger partial charge in [-0.1, -0.05) is 12.1 Å². The summed E-state index contributed by atoms with van der Waals surface area (Å²) in [5.74, 6) is -0.437. The smallest absolute Gasteiger partial charge is 0.244 e. The lowest BCUT2D eigenvalue weighted by Gasteiger charge is -2.02. The number of hydrogen-bond donors (Lipinski definition) is 1. The highest BCUT2D eigenvalue weighted by Gasteiger charge is 1.97. The molecular formula is C14H12FNOS. The molecule has 0 unspecified atom stereocenters. The standard InChI is InChI=1S/C14H12FNOS/c15-13-4-1-11(2-5-13)9-16-14(17)6-3-12-7-8-18-10-12/h1-8,10H,9H2,(H,16,17)/b6-3+. The molecule has 0 saturated carbocycles. The Labute approximate surface area is 109 Å². The van der Waals surface area contributed by atoms with Gasteiger partial charge in [-0.15, -0.1) is 0 Å². The first kappa shape index (κ1) is 12.5. The molecule has 0 fully saturated rings. The summed E-state index contributed by atoms with van der Waals surface area (Å²) in [4.78, 5) is 11.5. The minimum Gasteiger partial charge on any atom is -0.348 e. The summed E-state index contributed by atoms with van der Waals surface area (Å²) in [7, 11) is 0. The summed E-state index contributed by atoms with van der Waals surface area (Å²) in [5, 5.41) is 6.65. The second-order valence-electron chi connectivity index (χ2n) is 3.73. The van der Waals surface area contributed by atoms with Gasteiger partial charge in [-0.05, 0) is 46.2 Å². The van der Waals surface area contributed by atoms with Gasteiger partial charge >= 0.3 is 0 Å². The van der Waals surface area contributed by atoms with Crippen LogP contribution in [-0.2, 0) is 11.3 Å². The predicted octanol–water partition coefficient (Wildman–Crippen LogP) is 3.22. The first-order valence-electron chi connectivity index (χ1n) is 5.46. The van der Waals surface area contributed by atoms with Crippen LogP contribution in [0.4, 0.5) is 4.39 Å². The van der Waals surface area contributed by atoms with E-state index in [1.54, 1.807) is 29.5 Å². The number of carbonyl (C=O) groups excluding carboxylic acids is 1. The van der Waals surface area contributed by atoms with Gasteiger partial charge in [0.2, 0.25) is 5.91 Å². The summed E-state index contributed by atoms with van der Waals surface area (Å²) in [6.45, 7) is 0.396. The van der Waals surface area contributed by atoms with E-state index in [2.05, 4.69) is 5.32 Å². The Kier molecular flexibility index (Phi) is 4.25. The Bertz CT molecular complexity index is 531. The zero-order valence-corrected chi connectivity index (χ0v) is 10.4. The average Bonchev–Trinajstić information content (AvgIpc) is 2.89. The van der Waals surface area contributed by atoms with Crippen molar-refractivity contribution >= 4 is 23.3 Å². The third-order valence-electron chi connectivity index (χ3n) is 2.35. The summed E-state index contributed by atoms with van der Waals surface area (Å²) < 4.78 is 12.7. The van der Waals surface area contributed by atoms with E-state index < -0.39 is 0 Å². The molecule has 1 aromatic carbocycles. The van der Waals surface area contributed by atoms with Crippen molar-refractivity contribution in [3.8, 4) is 0 Å². The molecule has 18 heavy (non-hydrogen) atoms. The van der Waals surface area contributed by atoms with Crippen LogP contribution in [0.25, 0.3) is 6.08 Å². The number of rotatable bonds is 4. The number of halogens is 1. The average molecular weight is 261 g/mol. The molecule has 0 saturated heterocycles. The Hall–Kier alpha value is -1.94. The number of amides is 1. The van der Waals surface area contributed by atoms with Gasteiger partial charge in [0, 0.05) is 12.6 Å². The third kappa shape index (κ3) is 3.82. The van der Waals surface area contributed by atoms with Gasteiger partial charge in [-0.3, -0.25) is 4.79 Å². The highest BCUT2D eigenvalue weighted by Crippen LogP contribution is 2.07. The lowest BCUT2D eigenvalue weighted by Crippen LogP contribution is -2.20. The molecular weight excluding hydrogens is 249 g/mol. The van der Waals surface area contributed by atoms with Crippen molar-refractivity contribution in [2.24, 2.45) is 0 Å². The lowest BCUT2D eigenvalue weighted by atomic mass is 10.2. The molecule has 0 radical (unpaired) electrons. The molecule has 2 aromatic rings. The number of benzene rings is 1. The minimum absolute atomic E-state index is 0.162. The Morgan fingerprint density at radius 2 is 2.06 bits per heavy atom. The summed E-state index contributed by atoms with van der Waals surface area (Å²) >= 11 is 1.58. The monoisotopic (exact) mass is 261 g/mol. The van der Waals surface area contributed by atoms with Crippen LogP contribution in [0.15, 0.2) is 47.2 Å². The first-order valence-corrected chi connectivity index (χ1v) is 6.41. The minimum atomic E-state index is -0.276. The van der Waals surface area contributed by atoms with Gasteiger partial charge in [0.15, 0.2) is 0 Å². The summed E-state index contributed by atoms with van der Waals surface area (Å²) in [5.41, 5.74) is 1.88. The zero-order chi connectivity index (χ0) is 12.8. The van der Waals surface area contributed by atoms with E-state index in [0.717, 1.165) is 11.1 Å². The molecule has 0 bridgehead atoms. The fourth-order valence-corrected chi connectivity index (χ4v) is 2.02. The largest absolute Gasteiger partial charge is 0.348 e. The van der Waals surface area contributed by atoms with Gasteiger partial charge in [0.05, 0.1) is 0 Å². The fourth-order valence-electron chi connectivity index (χ4n) is 1.39. The van der Waals surface area contributed by atoms with Crippen molar-refractivity contribution in [3.63, 3.8) is 0 Å². The van der Waals surface area contributed by atoms with E-state index in [0.29, 0.717) is 6.54 Å². The van der Waals surface area contributed by atoms with Crippen LogP contribution < -0.4 is 5.32 Å². The topological polar surface area (TPSA) is 29.1 Å². The molecule has 0 aliphatic carbocycles. The SMILES string of the molecule is O=C(/C=C/c1ccsc1)NCc1ccc(F)cc1. The maximum Gasteiger partial charge on any atom is 0.244 e. The lowest BCUT2D eigenvalue weighted by molar-refractivity contribution is -0.116. The van der Waals surface area contributed by atoms with E-state index >= 15 is 0 Å². The maximum absolute atomic E-state index is 12.7. The van der Waals surface area contributed by atoms with Crippen LogP contribution in [-0.4, -0.2) is 5.91 Å². The molecule has 0 atom stereocenters. The molecule has 0 spiro atoms. The Balaban J connectivity index is 1.83. The van der Waals surface area contributed by atoms with E-state index in [9.17, 15) is 9.18 Å². The van der Waals surface area contributed by atoms with Crippen LogP contribution in [0.1, 0.15) is 11.1 Å². The molecule has 1 amide bonds. The van der Waals surface area contributed by atoms with Crippen LogP contribution >= 0.6 is 11.3 Å². The van der Waals surface area contributed by atoms with E-state index in [1.165, 1.54) is 18.2 Å². The van der Waals surface area contributed by atoms with Crippen molar-refractivity contribution < 1.29 is 9.18 Å². The van der Waals surface area contributed by atoms with Gasteiger partial charge in [-0.25, -0.2) is 4.39 Å². The highest BCUT2D eigenvalue weighted by atomic mass is 32.1. The summed E-state index contributed by atoms with van der Waals surface area (Å²) in [6, 6.07) is 8.00. The van der Waals surface area contributed by atoms with Gasteiger partial charge < -0.3 is 5.32 Å². The van der Waals surface area contributed by atoms with Crippen molar-refractivity contribution in [2.75, 3.05) is 0 Å². The highest BCUT2D eigenvalue weighted by molar-refractivity contribution is 7.08. The molecule has 0 aliphatic heterocycles. The van der Waals surface area contributed by atoms with E-state index in [1.807, 2.05) is 16.8 Å². The van der Waals surface area contributed by atoms with Crippen molar-refractivity contribution in [1.82, 2.24) is 5.32 Å². The molecule has 92 valence electrons. The van der Waals surface area contributed by atoms with Crippen LogP contribution in [0, 0.1) is 5.82 Å². The molecule has 0 aliphatic rings. The number of hydrogen-bond acceptors (Lipinski definition) is 2. The predicted molar refractivity (Wildman–Crippen MR) is 71.6 cm³/mol. The molecule has 1 heterocycles. The van der Waals surface area contributed by atoms with Crippen LogP contribution in [0.3, 0.4) is 0 Å². The van der Waals surface area contributed by atoms with Gasteiger partial charge in [0.25, 0.3) is 0 Å². The van der Waals surface area contributed by atoms with Gasteiger partial charge in [0.1, 0.15) is 5.82 Å². The zero-order valence-electron chi connectivity index (χ0n) is 9.60. The van der Waals surface area contributed by atoms with Crippen molar-refractivity contribution in [1.29, 1.82) is 0 Å². The quantitative estimate of drug-likeness (QED) is 0.841. The Morgan fingerprint density at radius 3 is 2.72 bits per heavy atom. The Morgan fingerprint density at radius 1 is 1.28 bits per heavy atom. The number of nitrogens with one attached hydrogen (secondary N) is 1. The maximum atomic E-state index is 12.7. The van der Waals surface area contributed by atoms with Crippen molar-refractivity contribution in [3.05, 3.63) is 64.1 Å². The molecule has 2 rings (SSSR count). The first-order chi connectivity index (χ1) is 8.74. The normalized spacial score (nSPS) is 10.7. The molecule has 1 aromatic heterocycles. The number of carbonyl (C=O) groups is 1. The molecule has 1 N–H and O–H groups in total. The van der Waals surface area contributed by atoms with E-state index in [-0.39, 0.29) is 11.7 Å².